The lowest BCUT2D eigenvalue weighted by molar-refractivity contribution is -0.133. The molecule has 0 saturated heterocycles. The van der Waals surface area contributed by atoms with Crippen molar-refractivity contribution in [2.75, 3.05) is 0 Å². The maximum atomic E-state index is 11.9. The number of fused-ring (bicyclic) bond motifs is 1. The summed E-state index contributed by atoms with van der Waals surface area (Å²) in [5.41, 5.74) is 3.19. The number of nitrogens with one attached hydrogen (secondary N) is 1. The van der Waals surface area contributed by atoms with Crippen molar-refractivity contribution in [3.63, 3.8) is 0 Å². The van der Waals surface area contributed by atoms with Crippen molar-refractivity contribution in [2.45, 2.75) is 26.7 Å². The molecule has 0 aliphatic heterocycles. The molecule has 2 N–H and O–H groups in total. The number of carbonyl (C=O) groups is 1. The largest absolute Gasteiger partial charge is 0.423 e. The Hall–Kier alpha value is -2.14. The highest BCUT2D eigenvalue weighted by molar-refractivity contribution is 5.79. The molecule has 106 valence electrons. The monoisotopic (exact) mass is 275 g/mol. The topological polar surface area (TPSA) is 79.5 Å². The highest BCUT2D eigenvalue weighted by atomic mass is 16.5. The number of hydroxylamine groups is 1. The molecule has 0 radical (unpaired) electrons. The molecule has 5 nitrogen and oxygen atoms in total. The molecule has 0 bridgehead atoms. The highest BCUT2D eigenvalue weighted by Gasteiger charge is 2.19. The summed E-state index contributed by atoms with van der Waals surface area (Å²) in [6, 6.07) is 7.36. The molecule has 1 heterocycles. The zero-order chi connectivity index (χ0) is 14.7. The minimum Gasteiger partial charge on any atom is -0.423 e. The lowest BCUT2D eigenvalue weighted by atomic mass is 9.96. The van der Waals surface area contributed by atoms with E-state index in [0.717, 1.165) is 10.9 Å². The van der Waals surface area contributed by atoms with Crippen LogP contribution in [-0.2, 0) is 11.2 Å². The second kappa shape index (κ2) is 5.88. The molecule has 2 aromatic rings. The Kier molecular flexibility index (Phi) is 4.20. The van der Waals surface area contributed by atoms with Gasteiger partial charge in [0, 0.05) is 16.9 Å². The van der Waals surface area contributed by atoms with Crippen LogP contribution in [0.4, 0.5) is 0 Å². The molecule has 0 fully saturated rings. The molecule has 0 saturated carbocycles. The van der Waals surface area contributed by atoms with Gasteiger partial charge in [-0.25, -0.2) is 10.3 Å². The van der Waals surface area contributed by atoms with E-state index >= 15 is 0 Å². The van der Waals surface area contributed by atoms with Crippen molar-refractivity contribution in [2.24, 2.45) is 5.92 Å². The van der Waals surface area contributed by atoms with Gasteiger partial charge in [0.05, 0.1) is 0 Å². The average Bonchev–Trinajstić information content (AvgIpc) is 2.44. The number of hydrogen-bond acceptors (Lipinski definition) is 4. The van der Waals surface area contributed by atoms with Gasteiger partial charge in [-0.2, -0.15) is 0 Å². The molecule has 0 aliphatic carbocycles. The van der Waals surface area contributed by atoms with Gasteiger partial charge < -0.3 is 4.42 Å². The van der Waals surface area contributed by atoms with Crippen molar-refractivity contribution < 1.29 is 14.4 Å². The minimum atomic E-state index is -0.490. The minimum absolute atomic E-state index is 0.245. The molecule has 0 aliphatic rings. The van der Waals surface area contributed by atoms with Crippen LogP contribution in [0.5, 0.6) is 0 Å². The first-order valence-corrected chi connectivity index (χ1v) is 6.52. The molecule has 1 atom stereocenters. The maximum absolute atomic E-state index is 11.9. The Labute approximate surface area is 116 Å². The molecule has 1 aromatic carbocycles. The molecule has 1 aromatic heterocycles. The Bertz CT molecular complexity index is 690. The van der Waals surface area contributed by atoms with Crippen LogP contribution in [0, 0.1) is 12.8 Å². The van der Waals surface area contributed by atoms with Crippen LogP contribution in [0.25, 0.3) is 11.0 Å². The number of benzene rings is 1. The smallest absolute Gasteiger partial charge is 0.339 e. The normalized spacial score (nSPS) is 12.3. The number of aryl methyl sites for hydroxylation is 1. The Morgan fingerprint density at radius 1 is 1.40 bits per heavy atom. The van der Waals surface area contributed by atoms with Gasteiger partial charge in [-0.05, 0) is 37.5 Å². The second-order valence-corrected chi connectivity index (χ2v) is 4.89. The predicted octanol–water partition coefficient (Wildman–Crippen LogP) is 2.18. The van der Waals surface area contributed by atoms with E-state index in [1.165, 1.54) is 0 Å². The number of rotatable bonds is 4. The summed E-state index contributed by atoms with van der Waals surface area (Å²) in [7, 11) is 0. The van der Waals surface area contributed by atoms with Gasteiger partial charge in [0.1, 0.15) is 5.58 Å². The van der Waals surface area contributed by atoms with Crippen LogP contribution in [0.1, 0.15) is 24.5 Å². The number of amides is 1. The van der Waals surface area contributed by atoms with Crippen LogP contribution < -0.4 is 11.1 Å². The van der Waals surface area contributed by atoms with Crippen molar-refractivity contribution in [3.05, 3.63) is 45.8 Å². The first-order valence-electron chi connectivity index (χ1n) is 6.52. The Morgan fingerprint density at radius 3 is 2.80 bits per heavy atom. The SMILES string of the molecule is CCC(Cc1cc2ccc(C)cc2oc1=O)C(=O)NO. The molecule has 20 heavy (non-hydrogen) atoms. The predicted molar refractivity (Wildman–Crippen MR) is 74.6 cm³/mol. The lowest BCUT2D eigenvalue weighted by Crippen LogP contribution is -2.30. The van der Waals surface area contributed by atoms with Crippen LogP contribution in [0.2, 0.25) is 0 Å². The summed E-state index contributed by atoms with van der Waals surface area (Å²) >= 11 is 0. The van der Waals surface area contributed by atoms with E-state index in [1.807, 2.05) is 26.0 Å². The fourth-order valence-electron chi connectivity index (χ4n) is 2.18. The summed E-state index contributed by atoms with van der Waals surface area (Å²) in [6.07, 6.45) is 0.771. The lowest BCUT2D eigenvalue weighted by Gasteiger charge is -2.11. The highest BCUT2D eigenvalue weighted by Crippen LogP contribution is 2.17. The van der Waals surface area contributed by atoms with Crippen molar-refractivity contribution in [3.8, 4) is 0 Å². The van der Waals surface area contributed by atoms with Gasteiger partial charge in [-0.1, -0.05) is 19.1 Å². The first kappa shape index (κ1) is 14.3. The summed E-state index contributed by atoms with van der Waals surface area (Å²) in [5.74, 6) is -0.943. The Balaban J connectivity index is 2.39. The van der Waals surface area contributed by atoms with Gasteiger partial charge in [0.2, 0.25) is 5.91 Å². The van der Waals surface area contributed by atoms with E-state index in [4.69, 9.17) is 9.62 Å². The van der Waals surface area contributed by atoms with E-state index in [2.05, 4.69) is 0 Å². The molecule has 1 amide bonds. The van der Waals surface area contributed by atoms with Gasteiger partial charge in [-0.3, -0.25) is 10.0 Å². The number of carbonyl (C=O) groups excluding carboxylic acids is 1. The summed E-state index contributed by atoms with van der Waals surface area (Å²) in [5, 5.41) is 9.51. The maximum Gasteiger partial charge on any atom is 0.339 e. The van der Waals surface area contributed by atoms with Crippen LogP contribution >= 0.6 is 0 Å². The van der Waals surface area contributed by atoms with Crippen molar-refractivity contribution in [1.82, 2.24) is 5.48 Å². The molecule has 0 spiro atoms. The summed E-state index contributed by atoms with van der Waals surface area (Å²) < 4.78 is 5.28. The fourth-order valence-corrected chi connectivity index (χ4v) is 2.18. The van der Waals surface area contributed by atoms with Crippen molar-refractivity contribution >= 4 is 16.9 Å². The van der Waals surface area contributed by atoms with Gasteiger partial charge in [-0.15, -0.1) is 0 Å². The molecule has 5 heteroatoms. The van der Waals surface area contributed by atoms with Gasteiger partial charge >= 0.3 is 5.63 Å². The second-order valence-electron chi connectivity index (χ2n) is 4.89. The summed E-state index contributed by atoms with van der Waals surface area (Å²) in [6.45, 7) is 3.75. The first-order chi connectivity index (χ1) is 9.55. The third-order valence-corrected chi connectivity index (χ3v) is 3.40. The summed E-state index contributed by atoms with van der Waals surface area (Å²) in [4.78, 5) is 23.4. The quantitative estimate of drug-likeness (QED) is 0.509. The van der Waals surface area contributed by atoms with E-state index < -0.39 is 17.5 Å². The molecular formula is C15H17NO4. The molecular weight excluding hydrogens is 258 g/mol. The third kappa shape index (κ3) is 2.88. The van der Waals surface area contributed by atoms with Crippen LogP contribution in [0.15, 0.2) is 33.5 Å². The average molecular weight is 275 g/mol. The molecule has 1 unspecified atom stereocenters. The van der Waals surface area contributed by atoms with Gasteiger partial charge in [0.15, 0.2) is 0 Å². The zero-order valence-corrected chi connectivity index (χ0v) is 11.5. The molecule has 2 rings (SSSR count). The van der Waals surface area contributed by atoms with E-state index in [1.54, 1.807) is 17.6 Å². The third-order valence-electron chi connectivity index (χ3n) is 3.40. The fraction of sp³-hybridized carbons (Fsp3) is 0.333. The van der Waals surface area contributed by atoms with Crippen LogP contribution in [0.3, 0.4) is 0 Å². The zero-order valence-electron chi connectivity index (χ0n) is 11.5. The Morgan fingerprint density at radius 2 is 2.15 bits per heavy atom. The van der Waals surface area contributed by atoms with E-state index in [9.17, 15) is 9.59 Å². The van der Waals surface area contributed by atoms with E-state index in [0.29, 0.717) is 17.6 Å². The van der Waals surface area contributed by atoms with E-state index in [-0.39, 0.29) is 6.42 Å². The van der Waals surface area contributed by atoms with Crippen molar-refractivity contribution in [1.29, 1.82) is 0 Å². The van der Waals surface area contributed by atoms with Crippen LogP contribution in [-0.4, -0.2) is 11.1 Å². The number of hydrogen-bond donors (Lipinski definition) is 2. The van der Waals surface area contributed by atoms with Gasteiger partial charge in [0.25, 0.3) is 0 Å². The standard InChI is InChI=1S/C15H17NO4/c1-3-10(14(17)16-19)7-12-8-11-5-4-9(2)6-13(11)20-15(12)18/h4-6,8,10,19H,3,7H2,1-2H3,(H,16,17).